The molecule has 0 radical (unpaired) electrons. The number of halogens is 1. The van der Waals surface area contributed by atoms with Crippen molar-refractivity contribution in [3.8, 4) is 5.75 Å². The third kappa shape index (κ3) is 5.37. The van der Waals surface area contributed by atoms with E-state index in [0.29, 0.717) is 22.1 Å². The third-order valence-corrected chi connectivity index (χ3v) is 5.16. The van der Waals surface area contributed by atoms with E-state index < -0.39 is 10.0 Å². The molecule has 2 aromatic carbocycles. The molecule has 0 spiro atoms. The van der Waals surface area contributed by atoms with Gasteiger partial charge in [-0.1, -0.05) is 23.7 Å². The molecule has 0 saturated heterocycles. The minimum Gasteiger partial charge on any atom is -0.495 e. The van der Waals surface area contributed by atoms with Gasteiger partial charge in [0, 0.05) is 18.7 Å². The van der Waals surface area contributed by atoms with Crippen molar-refractivity contribution in [2.24, 2.45) is 0 Å². The quantitative estimate of drug-likeness (QED) is 0.777. The topological polar surface area (TPSA) is 75.7 Å². The molecule has 0 bridgehead atoms. The molecular weight excluding hydrogens is 376 g/mol. The maximum Gasteiger partial charge on any atom is 0.232 e. The number of carbonyl (C=O) groups is 1. The number of amides is 1. The Balaban J connectivity index is 2.11. The molecule has 0 saturated carbocycles. The summed E-state index contributed by atoms with van der Waals surface area (Å²) in [6, 6.07) is 12.1. The second-order valence-electron chi connectivity index (χ2n) is 5.82. The van der Waals surface area contributed by atoms with Crippen molar-refractivity contribution in [3.63, 3.8) is 0 Å². The second kappa shape index (κ2) is 8.42. The Morgan fingerprint density at radius 2 is 1.96 bits per heavy atom. The first-order valence-corrected chi connectivity index (χ1v) is 10.1. The summed E-state index contributed by atoms with van der Waals surface area (Å²) >= 11 is 6.08. The summed E-state index contributed by atoms with van der Waals surface area (Å²) in [5.74, 6) is 0.171. The van der Waals surface area contributed by atoms with E-state index in [-0.39, 0.29) is 18.9 Å². The van der Waals surface area contributed by atoms with Gasteiger partial charge >= 0.3 is 0 Å². The number of nitrogens with one attached hydrogen (secondary N) is 1. The maximum absolute atomic E-state index is 12.2. The van der Waals surface area contributed by atoms with Crippen LogP contribution in [0.15, 0.2) is 42.5 Å². The molecule has 0 fully saturated rings. The molecule has 2 aromatic rings. The highest BCUT2D eigenvalue weighted by Crippen LogP contribution is 2.30. The highest BCUT2D eigenvalue weighted by Gasteiger charge is 2.20. The zero-order chi connectivity index (χ0) is 19.3. The van der Waals surface area contributed by atoms with E-state index in [1.54, 1.807) is 18.2 Å². The van der Waals surface area contributed by atoms with Crippen LogP contribution in [0.2, 0.25) is 5.02 Å². The van der Waals surface area contributed by atoms with Crippen molar-refractivity contribution in [2.45, 2.75) is 13.3 Å². The van der Waals surface area contributed by atoms with Crippen molar-refractivity contribution in [3.05, 3.63) is 53.1 Å². The van der Waals surface area contributed by atoms with E-state index in [4.69, 9.17) is 16.3 Å². The number of anilines is 2. The lowest BCUT2D eigenvalue weighted by molar-refractivity contribution is -0.116. The highest BCUT2D eigenvalue weighted by atomic mass is 35.5. The summed E-state index contributed by atoms with van der Waals surface area (Å²) in [6.45, 7) is 1.92. The van der Waals surface area contributed by atoms with Gasteiger partial charge in [-0.15, -0.1) is 0 Å². The summed E-state index contributed by atoms with van der Waals surface area (Å²) in [5.41, 5.74) is 2.07. The largest absolute Gasteiger partial charge is 0.495 e. The summed E-state index contributed by atoms with van der Waals surface area (Å²) < 4.78 is 30.5. The van der Waals surface area contributed by atoms with Gasteiger partial charge in [-0.2, -0.15) is 0 Å². The van der Waals surface area contributed by atoms with Gasteiger partial charge in [0.25, 0.3) is 0 Å². The molecule has 0 aromatic heterocycles. The molecule has 26 heavy (non-hydrogen) atoms. The van der Waals surface area contributed by atoms with E-state index in [1.807, 2.05) is 25.1 Å². The molecule has 1 N–H and O–H groups in total. The molecule has 0 aliphatic carbocycles. The van der Waals surface area contributed by atoms with Crippen molar-refractivity contribution in [1.29, 1.82) is 0 Å². The van der Waals surface area contributed by atoms with Gasteiger partial charge in [0.05, 0.1) is 24.1 Å². The molecule has 0 heterocycles. The summed E-state index contributed by atoms with van der Waals surface area (Å²) in [7, 11) is -2.10. The van der Waals surface area contributed by atoms with Crippen molar-refractivity contribution in [1.82, 2.24) is 0 Å². The van der Waals surface area contributed by atoms with Gasteiger partial charge < -0.3 is 10.1 Å². The molecule has 140 valence electrons. The van der Waals surface area contributed by atoms with Crippen LogP contribution < -0.4 is 14.4 Å². The standard InChI is InChI=1S/C18H21ClN2O4S/c1-13-5-4-6-14(11-13)20-18(22)9-10-21(26(3,23)24)15-7-8-17(25-2)16(19)12-15/h4-8,11-12H,9-10H2,1-3H3,(H,20,22). The fourth-order valence-electron chi connectivity index (χ4n) is 2.45. The lowest BCUT2D eigenvalue weighted by Gasteiger charge is -2.22. The molecule has 0 unspecified atom stereocenters. The van der Waals surface area contributed by atoms with Crippen molar-refractivity contribution < 1.29 is 17.9 Å². The molecular formula is C18H21ClN2O4S. The molecule has 6 nitrogen and oxygen atoms in total. The average Bonchev–Trinajstić information content (AvgIpc) is 2.54. The Morgan fingerprint density at radius 1 is 1.23 bits per heavy atom. The lowest BCUT2D eigenvalue weighted by Crippen LogP contribution is -2.33. The van der Waals surface area contributed by atoms with E-state index in [9.17, 15) is 13.2 Å². The number of methoxy groups -OCH3 is 1. The summed E-state index contributed by atoms with van der Waals surface area (Å²) in [5, 5.41) is 3.06. The predicted octanol–water partition coefficient (Wildman–Crippen LogP) is 3.45. The highest BCUT2D eigenvalue weighted by molar-refractivity contribution is 7.92. The number of rotatable bonds is 7. The van der Waals surface area contributed by atoms with E-state index in [1.165, 1.54) is 13.2 Å². The Bertz CT molecular complexity index is 900. The van der Waals surface area contributed by atoms with Crippen LogP contribution in [0.5, 0.6) is 5.75 Å². The second-order valence-corrected chi connectivity index (χ2v) is 8.14. The van der Waals surface area contributed by atoms with Crippen LogP contribution in [0, 0.1) is 6.92 Å². The number of aryl methyl sites for hydroxylation is 1. The number of benzene rings is 2. The molecule has 0 aliphatic heterocycles. The lowest BCUT2D eigenvalue weighted by atomic mass is 10.2. The first kappa shape index (κ1) is 20.1. The van der Waals surface area contributed by atoms with Crippen LogP contribution in [0.25, 0.3) is 0 Å². The number of hydrogen-bond donors (Lipinski definition) is 1. The summed E-state index contributed by atoms with van der Waals surface area (Å²) in [6.07, 6.45) is 1.09. The Labute approximate surface area is 158 Å². The van der Waals surface area contributed by atoms with Crippen LogP contribution in [0.4, 0.5) is 11.4 Å². The van der Waals surface area contributed by atoms with Crippen molar-refractivity contribution >= 4 is 38.9 Å². The van der Waals surface area contributed by atoms with Gasteiger partial charge in [0.1, 0.15) is 5.75 Å². The van der Waals surface area contributed by atoms with E-state index in [0.717, 1.165) is 16.1 Å². The van der Waals surface area contributed by atoms with Gasteiger partial charge in [-0.3, -0.25) is 9.10 Å². The third-order valence-electron chi connectivity index (χ3n) is 3.67. The van der Waals surface area contributed by atoms with Gasteiger partial charge in [-0.05, 0) is 42.8 Å². The minimum atomic E-state index is -3.58. The predicted molar refractivity (Wildman–Crippen MR) is 105 cm³/mol. The van der Waals surface area contributed by atoms with E-state index in [2.05, 4.69) is 5.32 Å². The normalized spacial score (nSPS) is 11.1. The molecule has 8 heteroatoms. The van der Waals surface area contributed by atoms with Gasteiger partial charge in [-0.25, -0.2) is 8.42 Å². The number of sulfonamides is 1. The summed E-state index contributed by atoms with van der Waals surface area (Å²) in [4.78, 5) is 12.2. The van der Waals surface area contributed by atoms with Crippen LogP contribution in [-0.4, -0.2) is 34.2 Å². The number of ether oxygens (including phenoxy) is 1. The van der Waals surface area contributed by atoms with Crippen LogP contribution in [0.1, 0.15) is 12.0 Å². The average molecular weight is 397 g/mol. The molecule has 0 aliphatic rings. The number of carbonyl (C=O) groups excluding carboxylic acids is 1. The molecule has 1 amide bonds. The Kier molecular flexibility index (Phi) is 6.50. The molecule has 0 atom stereocenters. The first-order chi connectivity index (χ1) is 12.2. The Hall–Kier alpha value is -2.25. The van der Waals surface area contributed by atoms with Gasteiger partial charge in [0.15, 0.2) is 0 Å². The minimum absolute atomic E-state index is 0.000853. The van der Waals surface area contributed by atoms with Crippen LogP contribution in [0.3, 0.4) is 0 Å². The van der Waals surface area contributed by atoms with E-state index >= 15 is 0 Å². The van der Waals surface area contributed by atoms with Gasteiger partial charge in [0.2, 0.25) is 15.9 Å². The van der Waals surface area contributed by atoms with Crippen molar-refractivity contribution in [2.75, 3.05) is 29.5 Å². The maximum atomic E-state index is 12.2. The number of hydrogen-bond acceptors (Lipinski definition) is 4. The smallest absolute Gasteiger partial charge is 0.232 e. The zero-order valence-electron chi connectivity index (χ0n) is 14.8. The monoisotopic (exact) mass is 396 g/mol. The number of nitrogens with zero attached hydrogens (tertiary/aromatic N) is 1. The Morgan fingerprint density at radius 3 is 2.54 bits per heavy atom. The first-order valence-electron chi connectivity index (χ1n) is 7.88. The zero-order valence-corrected chi connectivity index (χ0v) is 16.4. The SMILES string of the molecule is COc1ccc(N(CCC(=O)Nc2cccc(C)c2)S(C)(=O)=O)cc1Cl. The van der Waals surface area contributed by atoms with Crippen LogP contribution in [-0.2, 0) is 14.8 Å². The fourth-order valence-corrected chi connectivity index (χ4v) is 3.62. The van der Waals surface area contributed by atoms with Crippen LogP contribution >= 0.6 is 11.6 Å². The molecule has 2 rings (SSSR count). The fraction of sp³-hybridized carbons (Fsp3) is 0.278.